The van der Waals surface area contributed by atoms with Crippen LogP contribution in [0.25, 0.3) is 21.8 Å². The molecule has 0 atom stereocenters. The van der Waals surface area contributed by atoms with Crippen molar-refractivity contribution in [3.8, 4) is 0 Å². The first kappa shape index (κ1) is 11.7. The molecule has 0 spiro atoms. The lowest BCUT2D eigenvalue weighted by molar-refractivity contribution is 0.826. The number of aliphatic imine (C=N–C) groups is 1. The second kappa shape index (κ2) is 4.20. The number of aromatic nitrogens is 1. The lowest BCUT2D eigenvalue weighted by Crippen LogP contribution is -2.10. The average Bonchev–Trinajstić information content (AvgIpc) is 2.79. The maximum absolute atomic E-state index is 4.59. The summed E-state index contributed by atoms with van der Waals surface area (Å²) >= 11 is 0. The number of nitrogens with zero attached hydrogens (tertiary/aromatic N) is 2. The first-order chi connectivity index (χ1) is 9.79. The SMILES string of the molecule is CCn1c2ccccc2c2cc3c(cc21)C(C)=NCC3. The lowest BCUT2D eigenvalue weighted by Gasteiger charge is -2.15. The highest BCUT2D eigenvalue weighted by Crippen LogP contribution is 2.32. The van der Waals surface area contributed by atoms with Crippen molar-refractivity contribution in [2.24, 2.45) is 4.99 Å². The molecule has 100 valence electrons. The molecule has 1 aliphatic heterocycles. The van der Waals surface area contributed by atoms with Gasteiger partial charge in [0.25, 0.3) is 0 Å². The number of rotatable bonds is 1. The predicted molar refractivity (Wildman–Crippen MR) is 85.9 cm³/mol. The Morgan fingerprint density at radius 1 is 1.10 bits per heavy atom. The van der Waals surface area contributed by atoms with Gasteiger partial charge in [-0.05, 0) is 44.0 Å². The van der Waals surface area contributed by atoms with Gasteiger partial charge in [0.15, 0.2) is 0 Å². The molecule has 0 fully saturated rings. The van der Waals surface area contributed by atoms with Gasteiger partial charge in [-0.1, -0.05) is 18.2 Å². The van der Waals surface area contributed by atoms with E-state index in [2.05, 4.69) is 59.8 Å². The summed E-state index contributed by atoms with van der Waals surface area (Å²) in [5.74, 6) is 0. The van der Waals surface area contributed by atoms with Crippen LogP contribution < -0.4 is 0 Å². The Balaban J connectivity index is 2.18. The van der Waals surface area contributed by atoms with Crippen molar-refractivity contribution in [1.29, 1.82) is 0 Å². The summed E-state index contributed by atoms with van der Waals surface area (Å²) < 4.78 is 2.41. The molecule has 0 saturated heterocycles. The van der Waals surface area contributed by atoms with Gasteiger partial charge in [-0.2, -0.15) is 0 Å². The van der Waals surface area contributed by atoms with Crippen molar-refractivity contribution in [3.63, 3.8) is 0 Å². The van der Waals surface area contributed by atoms with E-state index in [-0.39, 0.29) is 0 Å². The summed E-state index contributed by atoms with van der Waals surface area (Å²) in [5, 5.41) is 2.75. The zero-order chi connectivity index (χ0) is 13.7. The maximum Gasteiger partial charge on any atom is 0.0498 e. The van der Waals surface area contributed by atoms with E-state index in [1.807, 2.05) is 0 Å². The van der Waals surface area contributed by atoms with Crippen LogP contribution in [0.5, 0.6) is 0 Å². The highest BCUT2D eigenvalue weighted by molar-refractivity contribution is 6.12. The Hall–Kier alpha value is -2.09. The molecule has 2 heteroatoms. The minimum absolute atomic E-state index is 0.927. The lowest BCUT2D eigenvalue weighted by atomic mass is 9.96. The fourth-order valence-corrected chi connectivity index (χ4v) is 3.45. The third-order valence-electron chi connectivity index (χ3n) is 4.43. The van der Waals surface area contributed by atoms with E-state index in [9.17, 15) is 0 Å². The molecule has 1 aromatic heterocycles. The summed E-state index contributed by atoms with van der Waals surface area (Å²) in [6.45, 7) is 6.27. The zero-order valence-corrected chi connectivity index (χ0v) is 12.0. The normalized spacial score (nSPS) is 14.6. The molecule has 2 heterocycles. The molecule has 0 aliphatic carbocycles. The van der Waals surface area contributed by atoms with Gasteiger partial charge in [0.1, 0.15) is 0 Å². The van der Waals surface area contributed by atoms with Gasteiger partial charge in [-0.3, -0.25) is 4.99 Å². The van der Waals surface area contributed by atoms with Crippen LogP contribution in [0, 0.1) is 0 Å². The van der Waals surface area contributed by atoms with E-state index in [0.717, 1.165) is 19.5 Å². The van der Waals surface area contributed by atoms with Crippen LogP contribution in [-0.4, -0.2) is 16.8 Å². The van der Waals surface area contributed by atoms with Crippen LogP contribution in [0.3, 0.4) is 0 Å². The molecule has 0 N–H and O–H groups in total. The Morgan fingerprint density at radius 3 is 2.80 bits per heavy atom. The summed E-state index contributed by atoms with van der Waals surface area (Å²) in [7, 11) is 0. The highest BCUT2D eigenvalue weighted by atomic mass is 15.0. The number of aryl methyl sites for hydroxylation is 1. The first-order valence-corrected chi connectivity index (χ1v) is 7.35. The van der Waals surface area contributed by atoms with Crippen molar-refractivity contribution in [2.75, 3.05) is 6.54 Å². The topological polar surface area (TPSA) is 17.3 Å². The first-order valence-electron chi connectivity index (χ1n) is 7.35. The van der Waals surface area contributed by atoms with Crippen LogP contribution in [0.1, 0.15) is 25.0 Å². The molecule has 4 rings (SSSR count). The van der Waals surface area contributed by atoms with Gasteiger partial charge in [0.2, 0.25) is 0 Å². The summed E-state index contributed by atoms with van der Waals surface area (Å²) in [5.41, 5.74) is 6.64. The minimum atomic E-state index is 0.927. The quantitative estimate of drug-likeness (QED) is 0.626. The van der Waals surface area contributed by atoms with Gasteiger partial charge in [-0.15, -0.1) is 0 Å². The van der Waals surface area contributed by atoms with E-state index in [4.69, 9.17) is 0 Å². The maximum atomic E-state index is 4.59. The number of benzene rings is 2. The Bertz CT molecular complexity index is 853. The molecule has 20 heavy (non-hydrogen) atoms. The second-order valence-electron chi connectivity index (χ2n) is 5.51. The third kappa shape index (κ3) is 1.48. The monoisotopic (exact) mass is 262 g/mol. The Kier molecular flexibility index (Phi) is 2.46. The van der Waals surface area contributed by atoms with Crippen molar-refractivity contribution in [1.82, 2.24) is 4.57 Å². The molecule has 2 nitrogen and oxygen atoms in total. The summed E-state index contributed by atoms with van der Waals surface area (Å²) in [6.07, 6.45) is 1.06. The standard InChI is InChI=1S/C18H18N2/c1-3-20-17-7-5-4-6-14(17)16-10-13-8-9-19-12(2)15(13)11-18(16)20/h4-7,10-11H,3,8-9H2,1-2H3. The highest BCUT2D eigenvalue weighted by Gasteiger charge is 2.16. The van der Waals surface area contributed by atoms with Gasteiger partial charge in [-0.25, -0.2) is 0 Å². The van der Waals surface area contributed by atoms with E-state index < -0.39 is 0 Å². The molecule has 0 bridgehead atoms. The fourth-order valence-electron chi connectivity index (χ4n) is 3.45. The van der Waals surface area contributed by atoms with E-state index in [1.54, 1.807) is 0 Å². The van der Waals surface area contributed by atoms with Crippen LogP contribution in [0.4, 0.5) is 0 Å². The molecule has 0 radical (unpaired) electrons. The van der Waals surface area contributed by atoms with Crippen molar-refractivity contribution in [3.05, 3.63) is 47.5 Å². The van der Waals surface area contributed by atoms with E-state index in [1.165, 1.54) is 38.6 Å². The molecule has 0 unspecified atom stereocenters. The molecule has 0 saturated carbocycles. The minimum Gasteiger partial charge on any atom is -0.341 e. The zero-order valence-electron chi connectivity index (χ0n) is 12.0. The van der Waals surface area contributed by atoms with Crippen LogP contribution in [-0.2, 0) is 13.0 Å². The van der Waals surface area contributed by atoms with Crippen LogP contribution in [0.15, 0.2) is 41.4 Å². The molecule has 3 aromatic rings. The van der Waals surface area contributed by atoms with Gasteiger partial charge >= 0.3 is 0 Å². The second-order valence-corrected chi connectivity index (χ2v) is 5.51. The van der Waals surface area contributed by atoms with Crippen molar-refractivity contribution >= 4 is 27.5 Å². The van der Waals surface area contributed by atoms with Gasteiger partial charge in [0, 0.05) is 46.2 Å². The molecular formula is C18H18N2. The van der Waals surface area contributed by atoms with E-state index in [0.29, 0.717) is 0 Å². The number of hydrogen-bond donors (Lipinski definition) is 0. The molecular weight excluding hydrogens is 244 g/mol. The number of hydrogen-bond acceptors (Lipinski definition) is 1. The smallest absolute Gasteiger partial charge is 0.0498 e. The van der Waals surface area contributed by atoms with E-state index >= 15 is 0 Å². The Morgan fingerprint density at radius 2 is 1.95 bits per heavy atom. The van der Waals surface area contributed by atoms with Gasteiger partial charge in [0.05, 0.1) is 0 Å². The van der Waals surface area contributed by atoms with Crippen LogP contribution in [0.2, 0.25) is 0 Å². The molecule has 1 aliphatic rings. The van der Waals surface area contributed by atoms with Gasteiger partial charge < -0.3 is 4.57 Å². The third-order valence-corrected chi connectivity index (χ3v) is 4.43. The largest absolute Gasteiger partial charge is 0.341 e. The molecule has 0 amide bonds. The van der Waals surface area contributed by atoms with Crippen molar-refractivity contribution in [2.45, 2.75) is 26.8 Å². The number of fused-ring (bicyclic) bond motifs is 4. The number of para-hydroxylation sites is 1. The average molecular weight is 262 g/mol. The van der Waals surface area contributed by atoms with Crippen LogP contribution >= 0.6 is 0 Å². The summed E-state index contributed by atoms with van der Waals surface area (Å²) in [4.78, 5) is 4.59. The fraction of sp³-hybridized carbons (Fsp3) is 0.278. The molecule has 2 aromatic carbocycles. The predicted octanol–water partition coefficient (Wildman–Crippen LogP) is 4.18. The summed E-state index contributed by atoms with van der Waals surface area (Å²) in [6, 6.07) is 13.4. The van der Waals surface area contributed by atoms with Crippen molar-refractivity contribution < 1.29 is 0 Å². The Labute approximate surface area is 118 Å².